The standard InChI is InChI=1S/C16H32N4O4/c1-11(2)9-12(20-13(21)10-17)14(22)18-7-6-8-19-15(23)24-16(3,4)5/h11-12H,6-10,17H2,1-5H3,(H,18,22)(H,19,23)(H,20,21)/t12-/m0/s1. The van der Waals surface area contributed by atoms with E-state index >= 15 is 0 Å². The van der Waals surface area contributed by atoms with Gasteiger partial charge in [-0.2, -0.15) is 0 Å². The number of alkyl carbamates (subject to hydrolysis) is 1. The van der Waals surface area contributed by atoms with Crippen molar-refractivity contribution in [2.24, 2.45) is 11.7 Å². The Labute approximate surface area is 144 Å². The first-order valence-corrected chi connectivity index (χ1v) is 8.29. The molecule has 3 amide bonds. The molecule has 0 saturated heterocycles. The number of ether oxygens (including phenoxy) is 1. The lowest BCUT2D eigenvalue weighted by atomic mass is 10.0. The molecule has 1 atom stereocenters. The van der Waals surface area contributed by atoms with Gasteiger partial charge in [0, 0.05) is 13.1 Å². The Morgan fingerprint density at radius 3 is 2.17 bits per heavy atom. The molecular weight excluding hydrogens is 312 g/mol. The van der Waals surface area contributed by atoms with Crippen LogP contribution in [0.3, 0.4) is 0 Å². The first kappa shape index (κ1) is 22.2. The fourth-order valence-electron chi connectivity index (χ4n) is 1.88. The van der Waals surface area contributed by atoms with Crippen molar-refractivity contribution in [1.82, 2.24) is 16.0 Å². The van der Waals surface area contributed by atoms with Crippen LogP contribution in [0.25, 0.3) is 0 Å². The van der Waals surface area contributed by atoms with Crippen molar-refractivity contribution >= 4 is 17.9 Å². The zero-order valence-electron chi connectivity index (χ0n) is 15.4. The van der Waals surface area contributed by atoms with E-state index in [2.05, 4.69) is 16.0 Å². The van der Waals surface area contributed by atoms with Crippen LogP contribution < -0.4 is 21.7 Å². The van der Waals surface area contributed by atoms with Crippen molar-refractivity contribution in [1.29, 1.82) is 0 Å². The van der Waals surface area contributed by atoms with Crippen LogP contribution in [-0.2, 0) is 14.3 Å². The largest absolute Gasteiger partial charge is 0.444 e. The third-order valence-corrected chi connectivity index (χ3v) is 2.87. The molecule has 8 heteroatoms. The summed E-state index contributed by atoms with van der Waals surface area (Å²) in [4.78, 5) is 35.0. The third kappa shape index (κ3) is 11.7. The van der Waals surface area contributed by atoms with Gasteiger partial charge in [0.05, 0.1) is 6.54 Å². The number of carbonyl (C=O) groups excluding carboxylic acids is 3. The summed E-state index contributed by atoms with van der Waals surface area (Å²) >= 11 is 0. The maximum Gasteiger partial charge on any atom is 0.407 e. The zero-order valence-corrected chi connectivity index (χ0v) is 15.4. The Morgan fingerprint density at radius 1 is 1.08 bits per heavy atom. The highest BCUT2D eigenvalue weighted by Gasteiger charge is 2.21. The van der Waals surface area contributed by atoms with Crippen molar-refractivity contribution in [3.63, 3.8) is 0 Å². The molecule has 0 aliphatic carbocycles. The van der Waals surface area contributed by atoms with Crippen LogP contribution in [0.4, 0.5) is 4.79 Å². The smallest absolute Gasteiger partial charge is 0.407 e. The Hall–Kier alpha value is -1.83. The molecule has 0 aromatic heterocycles. The third-order valence-electron chi connectivity index (χ3n) is 2.87. The quantitative estimate of drug-likeness (QED) is 0.454. The lowest BCUT2D eigenvalue weighted by molar-refractivity contribution is -0.128. The maximum atomic E-state index is 12.1. The van der Waals surface area contributed by atoms with Crippen molar-refractivity contribution in [2.75, 3.05) is 19.6 Å². The van der Waals surface area contributed by atoms with Crippen molar-refractivity contribution in [3.05, 3.63) is 0 Å². The van der Waals surface area contributed by atoms with Gasteiger partial charge in [0.2, 0.25) is 11.8 Å². The molecule has 0 aromatic carbocycles. The number of hydrogen-bond acceptors (Lipinski definition) is 5. The van der Waals surface area contributed by atoms with Gasteiger partial charge in [-0.1, -0.05) is 13.8 Å². The van der Waals surface area contributed by atoms with Crippen molar-refractivity contribution in [3.8, 4) is 0 Å². The molecule has 8 nitrogen and oxygen atoms in total. The minimum absolute atomic E-state index is 0.151. The lowest BCUT2D eigenvalue weighted by Crippen LogP contribution is -2.49. The number of hydrogen-bond donors (Lipinski definition) is 4. The van der Waals surface area contributed by atoms with Crippen LogP contribution in [0.5, 0.6) is 0 Å². The summed E-state index contributed by atoms with van der Waals surface area (Å²) in [6.07, 6.45) is 0.611. The minimum atomic E-state index is -0.597. The highest BCUT2D eigenvalue weighted by Crippen LogP contribution is 2.06. The summed E-state index contributed by atoms with van der Waals surface area (Å²) in [5.74, 6) is -0.349. The van der Waals surface area contributed by atoms with Gasteiger partial charge < -0.3 is 26.4 Å². The van der Waals surface area contributed by atoms with Crippen LogP contribution in [-0.4, -0.2) is 49.2 Å². The molecule has 0 unspecified atom stereocenters. The predicted molar refractivity (Wildman–Crippen MR) is 92.3 cm³/mol. The number of nitrogens with two attached hydrogens (primary N) is 1. The van der Waals surface area contributed by atoms with E-state index < -0.39 is 17.7 Å². The van der Waals surface area contributed by atoms with Gasteiger partial charge in [-0.15, -0.1) is 0 Å². The topological polar surface area (TPSA) is 123 Å². The SMILES string of the molecule is CC(C)C[C@H](NC(=O)CN)C(=O)NCCCNC(=O)OC(C)(C)C. The Balaban J connectivity index is 4.11. The second-order valence-electron chi connectivity index (χ2n) is 7.03. The fourth-order valence-corrected chi connectivity index (χ4v) is 1.88. The Bertz CT molecular complexity index is 419. The monoisotopic (exact) mass is 344 g/mol. The number of amides is 3. The summed E-state index contributed by atoms with van der Waals surface area (Å²) < 4.78 is 5.11. The maximum absolute atomic E-state index is 12.1. The Morgan fingerprint density at radius 2 is 1.67 bits per heavy atom. The zero-order chi connectivity index (χ0) is 18.8. The van der Waals surface area contributed by atoms with Gasteiger partial charge >= 0.3 is 6.09 Å². The second-order valence-corrected chi connectivity index (χ2v) is 7.03. The minimum Gasteiger partial charge on any atom is -0.444 e. The molecule has 0 radical (unpaired) electrons. The van der Waals surface area contributed by atoms with E-state index in [9.17, 15) is 14.4 Å². The molecule has 24 heavy (non-hydrogen) atoms. The van der Waals surface area contributed by atoms with Crippen LogP contribution in [0.2, 0.25) is 0 Å². The molecule has 0 heterocycles. The average molecular weight is 344 g/mol. The number of rotatable bonds is 9. The molecular formula is C16H32N4O4. The molecule has 0 aliphatic rings. The molecule has 0 bridgehead atoms. The van der Waals surface area contributed by atoms with E-state index in [1.807, 2.05) is 13.8 Å². The molecule has 0 aromatic rings. The molecule has 0 saturated carbocycles. The normalized spacial score (nSPS) is 12.5. The summed E-state index contributed by atoms with van der Waals surface area (Å²) in [7, 11) is 0. The van der Waals surface area contributed by atoms with E-state index in [0.717, 1.165) is 0 Å². The first-order chi connectivity index (χ1) is 11.0. The summed E-state index contributed by atoms with van der Waals surface area (Å²) in [5, 5.41) is 7.99. The van der Waals surface area contributed by atoms with Crippen LogP contribution in [0.15, 0.2) is 0 Å². The van der Waals surface area contributed by atoms with Crippen LogP contribution >= 0.6 is 0 Å². The van der Waals surface area contributed by atoms with Gasteiger partial charge in [-0.05, 0) is 39.5 Å². The van der Waals surface area contributed by atoms with E-state index in [4.69, 9.17) is 10.5 Å². The fraction of sp³-hybridized carbons (Fsp3) is 0.812. The number of nitrogens with one attached hydrogen (secondary N) is 3. The van der Waals surface area contributed by atoms with Gasteiger partial charge in [-0.3, -0.25) is 9.59 Å². The van der Waals surface area contributed by atoms with E-state index in [0.29, 0.717) is 25.9 Å². The molecule has 0 rings (SSSR count). The number of carbonyl (C=O) groups is 3. The van der Waals surface area contributed by atoms with Gasteiger partial charge in [-0.25, -0.2) is 4.79 Å². The predicted octanol–water partition coefficient (Wildman–Crippen LogP) is 0.507. The highest BCUT2D eigenvalue weighted by atomic mass is 16.6. The lowest BCUT2D eigenvalue weighted by Gasteiger charge is -2.20. The summed E-state index contributed by atoms with van der Waals surface area (Å²) in [6, 6.07) is -0.597. The first-order valence-electron chi connectivity index (χ1n) is 8.29. The van der Waals surface area contributed by atoms with Crippen molar-refractivity contribution in [2.45, 2.75) is 59.1 Å². The molecule has 140 valence electrons. The van der Waals surface area contributed by atoms with Gasteiger partial charge in [0.15, 0.2) is 0 Å². The van der Waals surface area contributed by atoms with Crippen LogP contribution in [0, 0.1) is 5.92 Å². The van der Waals surface area contributed by atoms with Gasteiger partial charge in [0.25, 0.3) is 0 Å². The van der Waals surface area contributed by atoms with Gasteiger partial charge in [0.1, 0.15) is 11.6 Å². The summed E-state index contributed by atoms with van der Waals surface area (Å²) in [5.41, 5.74) is 4.73. The van der Waals surface area contributed by atoms with E-state index in [1.54, 1.807) is 20.8 Å². The van der Waals surface area contributed by atoms with Crippen LogP contribution in [0.1, 0.15) is 47.5 Å². The van der Waals surface area contributed by atoms with Crippen molar-refractivity contribution < 1.29 is 19.1 Å². The molecule has 0 aliphatic heterocycles. The Kier molecular flexibility index (Phi) is 10.0. The highest BCUT2D eigenvalue weighted by molar-refractivity contribution is 5.88. The summed E-state index contributed by atoms with van der Waals surface area (Å²) in [6.45, 7) is 9.94. The molecule has 0 fully saturated rings. The molecule has 0 spiro atoms. The second kappa shape index (κ2) is 10.9. The van der Waals surface area contributed by atoms with E-state index in [1.165, 1.54) is 0 Å². The average Bonchev–Trinajstić information content (AvgIpc) is 2.43. The molecule has 5 N–H and O–H groups in total. The van der Waals surface area contributed by atoms with E-state index in [-0.39, 0.29) is 24.3 Å².